The summed E-state index contributed by atoms with van der Waals surface area (Å²) >= 11 is 17.4. The molecule has 1 nitrogen and oxygen atoms in total. The minimum Gasteiger partial charge on any atom is -0.431 e. The molecule has 0 aromatic carbocycles. The molecule has 0 aliphatic carbocycles. The van der Waals surface area contributed by atoms with E-state index in [1.807, 2.05) is 32.5 Å². The van der Waals surface area contributed by atoms with Crippen LogP contribution in [0.3, 0.4) is 0 Å². The summed E-state index contributed by atoms with van der Waals surface area (Å²) in [6, 6.07) is 0.532. The predicted molar refractivity (Wildman–Crippen MR) is 55.4 cm³/mol. The van der Waals surface area contributed by atoms with Crippen molar-refractivity contribution in [3.63, 3.8) is 0 Å². The second-order valence-corrected chi connectivity index (χ2v) is 5.74. The van der Waals surface area contributed by atoms with Crippen molar-refractivity contribution >= 4 is 38.9 Å². The summed E-state index contributed by atoms with van der Waals surface area (Å²) < 4.78 is -1.91. The molecule has 0 atom stereocenters. The molecule has 0 amide bonds. The van der Waals surface area contributed by atoms with Crippen molar-refractivity contribution < 1.29 is 0 Å². The van der Waals surface area contributed by atoms with Crippen LogP contribution in [0.4, 0.5) is 0 Å². The third kappa shape index (κ3) is 3.89. The maximum Gasteiger partial charge on any atom is 0.315 e. The van der Waals surface area contributed by atoms with Gasteiger partial charge in [0, 0.05) is 0 Å². The summed E-state index contributed by atoms with van der Waals surface area (Å²) in [6.07, 6.45) is 0. The van der Waals surface area contributed by atoms with Gasteiger partial charge in [0.2, 0.25) is 0 Å². The van der Waals surface area contributed by atoms with Crippen LogP contribution in [-0.4, -0.2) is 21.4 Å². The molecule has 0 fully saturated rings. The molecule has 0 N–H and O–H groups in total. The third-order valence-electron chi connectivity index (χ3n) is 1.53. The number of halogens is 3. The molecule has 0 spiro atoms. The smallest absolute Gasteiger partial charge is 0.315 e. The fraction of sp³-hybridized carbons (Fsp3) is 1.00. The molecule has 0 aromatic heterocycles. The molecule has 11 heavy (non-hydrogen) atoms. The highest BCUT2D eigenvalue weighted by atomic mass is 35.6. The Labute approximate surface area is 83.7 Å². The molecular formula is C6H14BCl3N-. The van der Waals surface area contributed by atoms with E-state index in [9.17, 15) is 0 Å². The van der Waals surface area contributed by atoms with Gasteiger partial charge in [-0.2, -0.15) is 0 Å². The highest BCUT2D eigenvalue weighted by Gasteiger charge is 2.26. The van der Waals surface area contributed by atoms with E-state index in [2.05, 4.69) is 0 Å². The van der Waals surface area contributed by atoms with Crippen molar-refractivity contribution in [2.75, 3.05) is 0 Å². The van der Waals surface area contributed by atoms with Gasteiger partial charge >= 0.3 is 4.53 Å². The molecule has 0 rings (SSSR count). The van der Waals surface area contributed by atoms with Crippen LogP contribution < -0.4 is 0 Å². The first kappa shape index (κ1) is 11.9. The number of hydrogen-bond donors (Lipinski definition) is 0. The predicted octanol–water partition coefficient (Wildman–Crippen LogP) is 3.26. The minimum atomic E-state index is -1.91. The summed E-state index contributed by atoms with van der Waals surface area (Å²) in [4.78, 5) is 1.88. The second-order valence-electron chi connectivity index (χ2n) is 3.17. The molecule has 0 aromatic rings. The van der Waals surface area contributed by atoms with Gasteiger partial charge in [-0.3, -0.25) is 0 Å². The number of rotatable bonds is 3. The van der Waals surface area contributed by atoms with Gasteiger partial charge in [-0.15, -0.1) is 0 Å². The van der Waals surface area contributed by atoms with Gasteiger partial charge in [0.15, 0.2) is 0 Å². The van der Waals surface area contributed by atoms with E-state index in [1.165, 1.54) is 0 Å². The van der Waals surface area contributed by atoms with Gasteiger partial charge in [-0.1, -0.05) is 27.7 Å². The lowest BCUT2D eigenvalue weighted by atomic mass is 10.1. The third-order valence-corrected chi connectivity index (χ3v) is 2.21. The summed E-state index contributed by atoms with van der Waals surface area (Å²) in [7, 11) is 0. The van der Waals surface area contributed by atoms with Crippen LogP contribution in [0.15, 0.2) is 0 Å². The lowest BCUT2D eigenvalue weighted by molar-refractivity contribution is 0.311. The van der Waals surface area contributed by atoms with Crippen molar-refractivity contribution in [1.82, 2.24) is 4.81 Å². The van der Waals surface area contributed by atoms with E-state index in [4.69, 9.17) is 34.4 Å². The van der Waals surface area contributed by atoms with Gasteiger partial charge in [0.1, 0.15) is 0 Å². The highest BCUT2D eigenvalue weighted by Crippen LogP contribution is 2.28. The zero-order valence-corrected chi connectivity index (χ0v) is 9.58. The normalized spacial score (nSPS) is 13.6. The van der Waals surface area contributed by atoms with E-state index in [1.54, 1.807) is 0 Å². The van der Waals surface area contributed by atoms with E-state index >= 15 is 0 Å². The largest absolute Gasteiger partial charge is 0.431 e. The first-order chi connectivity index (χ1) is 4.76. The molecule has 0 saturated carbocycles. The minimum absolute atomic E-state index is 0.266. The lowest BCUT2D eigenvalue weighted by Gasteiger charge is -2.44. The van der Waals surface area contributed by atoms with Crippen molar-refractivity contribution in [3.05, 3.63) is 0 Å². The highest BCUT2D eigenvalue weighted by molar-refractivity contribution is 7.63. The first-order valence-electron chi connectivity index (χ1n) is 3.74. The topological polar surface area (TPSA) is 3.24 Å². The summed E-state index contributed by atoms with van der Waals surface area (Å²) in [5.41, 5.74) is 0. The Morgan fingerprint density at radius 2 is 1.18 bits per heavy atom. The summed E-state index contributed by atoms with van der Waals surface area (Å²) in [5.74, 6) is 0. The fourth-order valence-corrected chi connectivity index (χ4v) is 2.62. The van der Waals surface area contributed by atoms with Gasteiger partial charge in [0.05, 0.1) is 0 Å². The summed E-state index contributed by atoms with van der Waals surface area (Å²) in [5, 5.41) is 0. The van der Waals surface area contributed by atoms with Crippen LogP contribution in [0.1, 0.15) is 27.7 Å². The Balaban J connectivity index is 4.35. The van der Waals surface area contributed by atoms with Crippen LogP contribution in [0.25, 0.3) is 0 Å². The van der Waals surface area contributed by atoms with Crippen molar-refractivity contribution in [2.45, 2.75) is 39.8 Å². The Hall–Kier alpha value is 0.895. The standard InChI is InChI=1S/C6H14BCl3N/c1-5(2)11(6(3)4)7(8,9)10/h5-6H,1-4H3/q-1. The van der Waals surface area contributed by atoms with E-state index in [0.717, 1.165) is 0 Å². The second kappa shape index (κ2) is 4.22. The molecule has 68 valence electrons. The molecule has 0 radical (unpaired) electrons. The molecule has 0 saturated heterocycles. The van der Waals surface area contributed by atoms with E-state index in [-0.39, 0.29) is 12.1 Å². The average Bonchev–Trinajstić information content (AvgIpc) is 1.54. The zero-order chi connectivity index (χ0) is 9.23. The first-order valence-corrected chi connectivity index (χ1v) is 5.05. The van der Waals surface area contributed by atoms with Crippen LogP contribution in [-0.2, 0) is 0 Å². The van der Waals surface area contributed by atoms with E-state index < -0.39 is 4.53 Å². The average molecular weight is 217 g/mol. The Bertz CT molecular complexity index is 113. The van der Waals surface area contributed by atoms with Crippen LogP contribution in [0.5, 0.6) is 0 Å². The van der Waals surface area contributed by atoms with Gasteiger partial charge in [-0.05, 0) is 12.1 Å². The summed E-state index contributed by atoms with van der Waals surface area (Å²) in [6.45, 7) is 8.07. The Morgan fingerprint density at radius 1 is 0.909 bits per heavy atom. The van der Waals surface area contributed by atoms with Crippen molar-refractivity contribution in [1.29, 1.82) is 0 Å². The van der Waals surface area contributed by atoms with Crippen molar-refractivity contribution in [2.24, 2.45) is 0 Å². The van der Waals surface area contributed by atoms with Gasteiger partial charge in [0.25, 0.3) is 0 Å². The Morgan fingerprint density at radius 3 is 1.18 bits per heavy atom. The van der Waals surface area contributed by atoms with Crippen molar-refractivity contribution in [3.8, 4) is 0 Å². The molecule has 0 aliphatic rings. The molecule has 0 unspecified atom stereocenters. The number of hydrogen-bond acceptors (Lipinski definition) is 1. The van der Waals surface area contributed by atoms with Crippen LogP contribution in [0, 0.1) is 0 Å². The zero-order valence-electron chi connectivity index (χ0n) is 7.31. The molecule has 0 bridgehead atoms. The lowest BCUT2D eigenvalue weighted by Crippen LogP contribution is -2.49. The number of nitrogens with zero attached hydrogens (tertiary/aromatic N) is 1. The fourth-order valence-electron chi connectivity index (χ4n) is 1.27. The SMILES string of the molecule is CC(C)N(C(C)C)[B-](Cl)(Cl)Cl. The van der Waals surface area contributed by atoms with Gasteiger partial charge < -0.3 is 39.2 Å². The maximum absolute atomic E-state index is 5.81. The van der Waals surface area contributed by atoms with Crippen LogP contribution in [0.2, 0.25) is 0 Å². The Kier molecular flexibility index (Phi) is 4.57. The molecule has 0 aliphatic heterocycles. The quantitative estimate of drug-likeness (QED) is 0.656. The molecule has 0 heterocycles. The molecule has 5 heteroatoms. The van der Waals surface area contributed by atoms with Gasteiger partial charge in [-0.25, -0.2) is 0 Å². The van der Waals surface area contributed by atoms with Crippen LogP contribution >= 0.6 is 34.4 Å². The maximum atomic E-state index is 5.81. The molecular weight excluding hydrogens is 203 g/mol. The monoisotopic (exact) mass is 216 g/mol. The van der Waals surface area contributed by atoms with E-state index in [0.29, 0.717) is 0 Å².